The molecule has 27 heavy (non-hydrogen) atoms. The van der Waals surface area contributed by atoms with Crippen LogP contribution in [0.25, 0.3) is 0 Å². The summed E-state index contributed by atoms with van der Waals surface area (Å²) in [6.45, 7) is 0.550. The summed E-state index contributed by atoms with van der Waals surface area (Å²) in [6, 6.07) is 7.25. The van der Waals surface area contributed by atoms with E-state index in [9.17, 15) is 27.3 Å². The van der Waals surface area contributed by atoms with E-state index in [-0.39, 0.29) is 28.4 Å². The minimum atomic E-state index is -3.83. The topological polar surface area (TPSA) is 92.6 Å². The van der Waals surface area contributed by atoms with Crippen molar-refractivity contribution in [1.29, 1.82) is 0 Å². The first-order valence-corrected chi connectivity index (χ1v) is 9.63. The Labute approximate surface area is 154 Å². The fourth-order valence-corrected chi connectivity index (χ4v) is 4.07. The first-order valence-electron chi connectivity index (χ1n) is 8.15. The van der Waals surface area contributed by atoms with Gasteiger partial charge in [0.25, 0.3) is 5.69 Å². The maximum atomic E-state index is 14.0. The normalized spacial score (nSPS) is 17.3. The van der Waals surface area contributed by atoms with Gasteiger partial charge in [-0.2, -0.15) is 0 Å². The number of nitro groups is 1. The number of sulfonamides is 1. The van der Waals surface area contributed by atoms with Gasteiger partial charge >= 0.3 is 0 Å². The molecule has 7 nitrogen and oxygen atoms in total. The lowest BCUT2D eigenvalue weighted by atomic mass is 9.97. The van der Waals surface area contributed by atoms with Crippen LogP contribution in [-0.2, 0) is 10.0 Å². The van der Waals surface area contributed by atoms with E-state index in [4.69, 9.17) is 0 Å². The minimum absolute atomic E-state index is 0.0305. The second kappa shape index (κ2) is 7.20. The van der Waals surface area contributed by atoms with Crippen LogP contribution in [0.2, 0.25) is 0 Å². The third-order valence-corrected chi connectivity index (χ3v) is 6.07. The molecule has 1 saturated heterocycles. The molecular formula is C17H17F2N3O4S. The number of benzene rings is 2. The van der Waals surface area contributed by atoms with E-state index in [2.05, 4.69) is 4.72 Å². The lowest BCUT2D eigenvalue weighted by Gasteiger charge is -2.19. The highest BCUT2D eigenvalue weighted by atomic mass is 32.2. The van der Waals surface area contributed by atoms with Crippen molar-refractivity contribution in [3.05, 3.63) is 63.7 Å². The largest absolute Gasteiger partial charge is 0.365 e. The molecule has 1 aliphatic heterocycles. The summed E-state index contributed by atoms with van der Waals surface area (Å²) in [5.41, 5.74) is -0.188. The fraction of sp³-hybridized carbons (Fsp3) is 0.294. The summed E-state index contributed by atoms with van der Waals surface area (Å²) in [7, 11) is -2.62. The van der Waals surface area contributed by atoms with Crippen molar-refractivity contribution in [2.24, 2.45) is 0 Å². The van der Waals surface area contributed by atoms with Gasteiger partial charge in [0.05, 0.1) is 9.82 Å². The van der Waals surface area contributed by atoms with Crippen LogP contribution in [0, 0.1) is 21.7 Å². The Morgan fingerprint density at radius 1 is 1.22 bits per heavy atom. The second-order valence-electron chi connectivity index (χ2n) is 6.18. The standard InChI is InChI=1S/C17H17F2N3O4S/c1-20-27(25,26)12-5-6-15(16(9-12)22(23)24)21-8-7-11(10-21)17-13(18)3-2-4-14(17)19/h2-6,9,11,20H,7-8,10H2,1H3. The Morgan fingerprint density at radius 2 is 1.89 bits per heavy atom. The summed E-state index contributed by atoms with van der Waals surface area (Å²) in [5.74, 6) is -1.75. The third-order valence-electron chi connectivity index (χ3n) is 4.66. The maximum absolute atomic E-state index is 14.0. The van der Waals surface area contributed by atoms with Crippen molar-refractivity contribution < 1.29 is 22.1 Å². The van der Waals surface area contributed by atoms with Crippen LogP contribution < -0.4 is 9.62 Å². The number of halogens is 2. The van der Waals surface area contributed by atoms with Gasteiger partial charge in [-0.3, -0.25) is 10.1 Å². The van der Waals surface area contributed by atoms with Gasteiger partial charge in [-0.25, -0.2) is 21.9 Å². The molecule has 2 aromatic carbocycles. The minimum Gasteiger partial charge on any atom is -0.365 e. The molecule has 0 aromatic heterocycles. The zero-order valence-electron chi connectivity index (χ0n) is 14.4. The van der Waals surface area contributed by atoms with E-state index in [0.29, 0.717) is 13.0 Å². The molecule has 1 fully saturated rings. The maximum Gasteiger partial charge on any atom is 0.293 e. The number of rotatable bonds is 5. The zero-order valence-corrected chi connectivity index (χ0v) is 15.2. The van der Waals surface area contributed by atoms with E-state index in [1.54, 1.807) is 4.90 Å². The Morgan fingerprint density at radius 3 is 2.48 bits per heavy atom. The molecule has 1 aliphatic rings. The van der Waals surface area contributed by atoms with E-state index in [1.807, 2.05) is 0 Å². The van der Waals surface area contributed by atoms with Gasteiger partial charge in [0.2, 0.25) is 10.0 Å². The van der Waals surface area contributed by atoms with E-state index >= 15 is 0 Å². The summed E-state index contributed by atoms with van der Waals surface area (Å²) in [6.07, 6.45) is 0.422. The van der Waals surface area contributed by atoms with Crippen molar-refractivity contribution in [2.45, 2.75) is 17.2 Å². The van der Waals surface area contributed by atoms with E-state index in [0.717, 1.165) is 6.07 Å². The third kappa shape index (κ3) is 3.62. The molecule has 144 valence electrons. The number of anilines is 1. The van der Waals surface area contributed by atoms with Crippen molar-refractivity contribution in [3.8, 4) is 0 Å². The smallest absolute Gasteiger partial charge is 0.293 e. The number of nitrogens with one attached hydrogen (secondary N) is 1. The summed E-state index contributed by atoms with van der Waals surface area (Å²) >= 11 is 0. The van der Waals surface area contributed by atoms with Gasteiger partial charge < -0.3 is 4.90 Å². The molecule has 1 heterocycles. The Kier molecular flexibility index (Phi) is 5.11. The van der Waals surface area contributed by atoms with Gasteiger partial charge in [0, 0.05) is 30.6 Å². The van der Waals surface area contributed by atoms with Gasteiger partial charge in [0.15, 0.2) is 0 Å². The van der Waals surface area contributed by atoms with Crippen molar-refractivity contribution in [1.82, 2.24) is 4.72 Å². The van der Waals surface area contributed by atoms with Gasteiger partial charge in [-0.05, 0) is 37.7 Å². The number of hydrogen-bond donors (Lipinski definition) is 1. The molecule has 0 bridgehead atoms. The molecule has 0 spiro atoms. The van der Waals surface area contributed by atoms with Crippen LogP contribution in [0.4, 0.5) is 20.2 Å². The molecule has 0 radical (unpaired) electrons. The number of nitro benzene ring substituents is 1. The van der Waals surface area contributed by atoms with Crippen LogP contribution in [0.1, 0.15) is 17.9 Å². The second-order valence-corrected chi connectivity index (χ2v) is 8.07. The average Bonchev–Trinajstić information content (AvgIpc) is 3.10. The van der Waals surface area contributed by atoms with Crippen LogP contribution in [0.5, 0.6) is 0 Å². The Balaban J connectivity index is 1.95. The quantitative estimate of drug-likeness (QED) is 0.619. The molecule has 1 unspecified atom stereocenters. The molecule has 3 rings (SSSR count). The van der Waals surface area contributed by atoms with Crippen LogP contribution in [-0.4, -0.2) is 33.5 Å². The fourth-order valence-electron chi connectivity index (χ4n) is 3.32. The van der Waals surface area contributed by atoms with E-state index < -0.39 is 32.5 Å². The highest BCUT2D eigenvalue weighted by Crippen LogP contribution is 2.38. The lowest BCUT2D eigenvalue weighted by Crippen LogP contribution is -2.22. The predicted octanol–water partition coefficient (Wildman–Crippen LogP) is 2.78. The molecular weight excluding hydrogens is 380 g/mol. The van der Waals surface area contributed by atoms with Crippen molar-refractivity contribution >= 4 is 21.4 Å². The highest BCUT2D eigenvalue weighted by Gasteiger charge is 2.32. The first-order chi connectivity index (χ1) is 12.7. The van der Waals surface area contributed by atoms with Crippen LogP contribution >= 0.6 is 0 Å². The summed E-state index contributed by atoms with van der Waals surface area (Å²) < 4.78 is 53.9. The summed E-state index contributed by atoms with van der Waals surface area (Å²) in [5, 5.41) is 11.4. The molecule has 1 N–H and O–H groups in total. The van der Waals surface area contributed by atoms with Crippen LogP contribution in [0.15, 0.2) is 41.3 Å². The van der Waals surface area contributed by atoms with Gasteiger partial charge in [-0.15, -0.1) is 0 Å². The van der Waals surface area contributed by atoms with Crippen LogP contribution in [0.3, 0.4) is 0 Å². The van der Waals surface area contributed by atoms with Crippen molar-refractivity contribution in [3.63, 3.8) is 0 Å². The predicted molar refractivity (Wildman–Crippen MR) is 95.3 cm³/mol. The lowest BCUT2D eigenvalue weighted by molar-refractivity contribution is -0.384. The van der Waals surface area contributed by atoms with Gasteiger partial charge in [-0.1, -0.05) is 6.07 Å². The molecule has 0 amide bonds. The molecule has 10 heteroatoms. The summed E-state index contributed by atoms with van der Waals surface area (Å²) in [4.78, 5) is 12.2. The van der Waals surface area contributed by atoms with Crippen molar-refractivity contribution in [2.75, 3.05) is 25.0 Å². The molecule has 0 saturated carbocycles. The number of nitrogens with zero attached hydrogens (tertiary/aromatic N) is 2. The zero-order chi connectivity index (χ0) is 19.8. The monoisotopic (exact) mass is 397 g/mol. The highest BCUT2D eigenvalue weighted by molar-refractivity contribution is 7.89. The number of hydrogen-bond acceptors (Lipinski definition) is 5. The molecule has 2 aromatic rings. The Hall–Kier alpha value is -2.59. The Bertz CT molecular complexity index is 977. The first kappa shape index (κ1) is 19.2. The van der Waals surface area contributed by atoms with E-state index in [1.165, 1.54) is 37.4 Å². The molecule has 0 aliphatic carbocycles. The average molecular weight is 397 g/mol. The SMILES string of the molecule is CNS(=O)(=O)c1ccc(N2CCC(c3c(F)cccc3F)C2)c([N+](=O)[O-])c1. The van der Waals surface area contributed by atoms with Gasteiger partial charge in [0.1, 0.15) is 17.3 Å². The molecule has 1 atom stereocenters.